The SMILES string of the molecule is COc1cccc2c(C)cc(SC(C)C(=O)Nc3nc4ccc(C)cc4s3)nc12. The Labute approximate surface area is 177 Å². The molecule has 1 amide bonds. The average molecular weight is 424 g/mol. The smallest absolute Gasteiger partial charge is 0.239 e. The molecule has 1 atom stereocenters. The Morgan fingerprint density at radius 1 is 1.17 bits per heavy atom. The molecule has 5 nitrogen and oxygen atoms in total. The van der Waals surface area contributed by atoms with E-state index >= 15 is 0 Å². The molecule has 0 fully saturated rings. The molecule has 0 saturated heterocycles. The number of hydrogen-bond donors (Lipinski definition) is 1. The molecule has 148 valence electrons. The molecule has 0 radical (unpaired) electrons. The van der Waals surface area contributed by atoms with Gasteiger partial charge in [0.15, 0.2) is 5.13 Å². The van der Waals surface area contributed by atoms with E-state index in [-0.39, 0.29) is 11.2 Å². The van der Waals surface area contributed by atoms with E-state index in [2.05, 4.69) is 16.4 Å². The van der Waals surface area contributed by atoms with Crippen LogP contribution in [0.25, 0.3) is 21.1 Å². The molecule has 4 rings (SSSR count). The van der Waals surface area contributed by atoms with E-state index in [9.17, 15) is 4.79 Å². The second kappa shape index (κ2) is 8.00. The van der Waals surface area contributed by atoms with Crippen LogP contribution >= 0.6 is 23.1 Å². The topological polar surface area (TPSA) is 64.1 Å². The molecule has 2 aromatic carbocycles. The third-order valence-corrected chi connectivity index (χ3v) is 6.60. The van der Waals surface area contributed by atoms with Crippen molar-refractivity contribution in [3.8, 4) is 5.75 Å². The zero-order valence-electron chi connectivity index (χ0n) is 16.6. The van der Waals surface area contributed by atoms with E-state index in [4.69, 9.17) is 9.72 Å². The summed E-state index contributed by atoms with van der Waals surface area (Å²) in [6.07, 6.45) is 0. The number of thioether (sulfide) groups is 1. The quantitative estimate of drug-likeness (QED) is 0.424. The number of pyridine rings is 1. The van der Waals surface area contributed by atoms with Crippen LogP contribution in [0.3, 0.4) is 0 Å². The second-order valence-corrected chi connectivity index (χ2v) is 9.27. The molecule has 1 unspecified atom stereocenters. The van der Waals surface area contributed by atoms with Crippen LogP contribution in [-0.4, -0.2) is 28.2 Å². The first-order chi connectivity index (χ1) is 13.9. The molecule has 2 aromatic heterocycles. The Balaban J connectivity index is 1.53. The average Bonchev–Trinajstić information content (AvgIpc) is 3.08. The van der Waals surface area contributed by atoms with E-state index < -0.39 is 0 Å². The van der Waals surface area contributed by atoms with Gasteiger partial charge in [0.05, 0.1) is 27.6 Å². The maximum absolute atomic E-state index is 12.7. The van der Waals surface area contributed by atoms with Crippen molar-refractivity contribution in [2.75, 3.05) is 12.4 Å². The van der Waals surface area contributed by atoms with Crippen molar-refractivity contribution in [2.45, 2.75) is 31.0 Å². The summed E-state index contributed by atoms with van der Waals surface area (Å²) < 4.78 is 6.52. The summed E-state index contributed by atoms with van der Waals surface area (Å²) in [4.78, 5) is 21.9. The highest BCUT2D eigenvalue weighted by Gasteiger charge is 2.18. The van der Waals surface area contributed by atoms with Crippen LogP contribution in [0.1, 0.15) is 18.1 Å². The fourth-order valence-electron chi connectivity index (χ4n) is 3.11. The van der Waals surface area contributed by atoms with Gasteiger partial charge in [-0.15, -0.1) is 0 Å². The minimum Gasteiger partial charge on any atom is -0.494 e. The summed E-state index contributed by atoms with van der Waals surface area (Å²) in [6, 6.07) is 14.0. The molecule has 0 spiro atoms. The van der Waals surface area contributed by atoms with Gasteiger partial charge in [-0.1, -0.05) is 41.3 Å². The number of benzene rings is 2. The maximum atomic E-state index is 12.7. The number of nitrogens with zero attached hydrogens (tertiary/aromatic N) is 2. The number of amides is 1. The lowest BCUT2D eigenvalue weighted by molar-refractivity contribution is -0.115. The van der Waals surface area contributed by atoms with Crippen LogP contribution in [0, 0.1) is 13.8 Å². The van der Waals surface area contributed by atoms with Gasteiger partial charge in [0, 0.05) is 5.39 Å². The van der Waals surface area contributed by atoms with Crippen molar-refractivity contribution < 1.29 is 9.53 Å². The van der Waals surface area contributed by atoms with Gasteiger partial charge in [-0.25, -0.2) is 9.97 Å². The Kier molecular flexibility index (Phi) is 5.43. The first-order valence-corrected chi connectivity index (χ1v) is 10.9. The minimum atomic E-state index is -0.317. The predicted molar refractivity (Wildman–Crippen MR) is 121 cm³/mol. The van der Waals surface area contributed by atoms with E-state index in [1.54, 1.807) is 7.11 Å². The number of nitrogens with one attached hydrogen (secondary N) is 1. The largest absolute Gasteiger partial charge is 0.494 e. The lowest BCUT2D eigenvalue weighted by Crippen LogP contribution is -2.22. The molecule has 0 saturated carbocycles. The number of fused-ring (bicyclic) bond motifs is 2. The minimum absolute atomic E-state index is 0.0923. The number of anilines is 1. The summed E-state index contributed by atoms with van der Waals surface area (Å²) in [5.74, 6) is 0.639. The maximum Gasteiger partial charge on any atom is 0.239 e. The van der Waals surface area contributed by atoms with Crippen LogP contribution < -0.4 is 10.1 Å². The van der Waals surface area contributed by atoms with Gasteiger partial charge in [0.2, 0.25) is 5.91 Å². The molecular weight excluding hydrogens is 402 g/mol. The number of para-hydroxylation sites is 1. The van der Waals surface area contributed by atoms with Crippen LogP contribution in [0.15, 0.2) is 47.5 Å². The first kappa shape index (κ1) is 19.7. The number of thiazole rings is 1. The monoisotopic (exact) mass is 423 g/mol. The Morgan fingerprint density at radius 2 is 2.00 bits per heavy atom. The van der Waals surface area contributed by atoms with Crippen LogP contribution in [-0.2, 0) is 4.79 Å². The second-order valence-electron chi connectivity index (χ2n) is 6.87. The number of aromatic nitrogens is 2. The Morgan fingerprint density at radius 3 is 2.79 bits per heavy atom. The highest BCUT2D eigenvalue weighted by Crippen LogP contribution is 2.32. The van der Waals surface area contributed by atoms with E-state index in [1.807, 2.05) is 57.2 Å². The number of aryl methyl sites for hydroxylation is 2. The van der Waals surface area contributed by atoms with Gasteiger partial charge in [0.1, 0.15) is 11.3 Å². The van der Waals surface area contributed by atoms with Crippen molar-refractivity contribution in [1.82, 2.24) is 9.97 Å². The van der Waals surface area contributed by atoms with Gasteiger partial charge in [-0.05, 0) is 56.2 Å². The van der Waals surface area contributed by atoms with Crippen molar-refractivity contribution in [2.24, 2.45) is 0 Å². The number of methoxy groups -OCH3 is 1. The summed E-state index contributed by atoms with van der Waals surface area (Å²) in [7, 11) is 1.64. The Hall–Kier alpha value is -2.64. The third-order valence-electron chi connectivity index (χ3n) is 4.65. The Bertz CT molecular complexity index is 1220. The molecule has 29 heavy (non-hydrogen) atoms. The fourth-order valence-corrected chi connectivity index (χ4v) is 5.00. The van der Waals surface area contributed by atoms with Crippen LogP contribution in [0.2, 0.25) is 0 Å². The normalized spacial score (nSPS) is 12.3. The summed E-state index contributed by atoms with van der Waals surface area (Å²) >= 11 is 2.91. The highest BCUT2D eigenvalue weighted by atomic mass is 32.2. The molecule has 1 N–H and O–H groups in total. The standard InChI is InChI=1S/C22H21N3O2S2/c1-12-8-9-16-18(10-12)29-22(23-16)25-21(26)14(3)28-19-11-13(2)15-6-5-7-17(27-4)20(15)24-19/h5-11,14H,1-4H3,(H,23,25,26). The summed E-state index contributed by atoms with van der Waals surface area (Å²) in [6.45, 7) is 5.96. The number of carbonyl (C=O) groups is 1. The van der Waals surface area contributed by atoms with Crippen molar-refractivity contribution in [1.29, 1.82) is 0 Å². The summed E-state index contributed by atoms with van der Waals surface area (Å²) in [5.41, 5.74) is 3.99. The molecule has 4 aromatic rings. The third kappa shape index (κ3) is 4.06. The highest BCUT2D eigenvalue weighted by molar-refractivity contribution is 8.00. The molecule has 0 bridgehead atoms. The molecule has 0 aliphatic carbocycles. The van der Waals surface area contributed by atoms with Crippen LogP contribution in [0.4, 0.5) is 5.13 Å². The van der Waals surface area contributed by atoms with Gasteiger partial charge < -0.3 is 10.1 Å². The molecule has 0 aliphatic heterocycles. The van der Waals surface area contributed by atoms with Crippen molar-refractivity contribution in [3.63, 3.8) is 0 Å². The molecular formula is C22H21N3O2S2. The van der Waals surface area contributed by atoms with E-state index in [0.717, 1.165) is 37.5 Å². The van der Waals surface area contributed by atoms with Crippen LogP contribution in [0.5, 0.6) is 5.75 Å². The molecule has 0 aliphatic rings. The molecule has 2 heterocycles. The van der Waals surface area contributed by atoms with E-state index in [1.165, 1.54) is 28.7 Å². The van der Waals surface area contributed by atoms with Gasteiger partial charge in [-0.2, -0.15) is 0 Å². The zero-order valence-corrected chi connectivity index (χ0v) is 18.3. The first-order valence-electron chi connectivity index (χ1n) is 9.23. The van der Waals surface area contributed by atoms with Crippen molar-refractivity contribution in [3.05, 3.63) is 53.6 Å². The van der Waals surface area contributed by atoms with Gasteiger partial charge in [-0.3, -0.25) is 4.79 Å². The van der Waals surface area contributed by atoms with Gasteiger partial charge in [0.25, 0.3) is 0 Å². The zero-order chi connectivity index (χ0) is 20.5. The fraction of sp³-hybridized carbons (Fsp3) is 0.227. The van der Waals surface area contributed by atoms with E-state index in [0.29, 0.717) is 5.13 Å². The number of rotatable bonds is 5. The lowest BCUT2D eigenvalue weighted by atomic mass is 10.1. The lowest BCUT2D eigenvalue weighted by Gasteiger charge is -2.12. The predicted octanol–water partition coefficient (Wildman–Crippen LogP) is 5.59. The number of carbonyl (C=O) groups excluding carboxylic acids is 1. The number of hydrogen-bond acceptors (Lipinski definition) is 6. The van der Waals surface area contributed by atoms with Gasteiger partial charge >= 0.3 is 0 Å². The summed E-state index contributed by atoms with van der Waals surface area (Å²) in [5, 5.41) is 5.09. The number of ether oxygens (including phenoxy) is 1. The van der Waals surface area contributed by atoms with Crippen molar-refractivity contribution >= 4 is 55.3 Å². The molecule has 7 heteroatoms.